The Morgan fingerprint density at radius 3 is 2.78 bits per heavy atom. The minimum absolute atomic E-state index is 0.150. The second-order valence-electron chi connectivity index (χ2n) is 4.00. The molecule has 2 heterocycles. The van der Waals surface area contributed by atoms with Crippen molar-refractivity contribution in [2.45, 2.75) is 37.5 Å². The predicted octanol–water partition coefficient (Wildman–Crippen LogP) is 0.544. The first kappa shape index (κ1) is 13.2. The molecular weight excluding hydrogens is 255 g/mol. The van der Waals surface area contributed by atoms with Crippen LogP contribution in [0.1, 0.15) is 31.0 Å². The number of hydrogen-bond donors (Lipinski definition) is 2. The van der Waals surface area contributed by atoms with Gasteiger partial charge < -0.3 is 14.9 Å². The van der Waals surface area contributed by atoms with Crippen LogP contribution in [0.15, 0.2) is 6.33 Å². The summed E-state index contributed by atoms with van der Waals surface area (Å²) >= 11 is 0. The number of aromatic nitrogens is 3. The highest BCUT2D eigenvalue weighted by Gasteiger charge is 2.42. The summed E-state index contributed by atoms with van der Waals surface area (Å²) in [4.78, 5) is 3.42. The first-order chi connectivity index (χ1) is 8.41. The Morgan fingerprint density at radius 2 is 2.22 bits per heavy atom. The van der Waals surface area contributed by atoms with E-state index in [0.29, 0.717) is 12.8 Å². The maximum atomic E-state index is 12.2. The van der Waals surface area contributed by atoms with E-state index in [1.54, 1.807) is 0 Å². The molecular formula is C9H12F3N3O3. The zero-order chi connectivity index (χ0) is 13.3. The number of aliphatic hydroxyl groups is 2. The summed E-state index contributed by atoms with van der Waals surface area (Å²) < 4.78 is 43.2. The third-order valence-corrected chi connectivity index (χ3v) is 2.66. The van der Waals surface area contributed by atoms with Gasteiger partial charge in [-0.15, -0.1) is 0 Å². The van der Waals surface area contributed by atoms with Crippen LogP contribution in [0.4, 0.5) is 13.2 Å². The fraction of sp³-hybridized carbons (Fsp3) is 0.778. The standard InChI is InChI=1S/C9H12F3N3O3/c10-9(11,12)7(17)8-13-4-15(14-8)6-2-1-5(3-16)18-6/h4-7,16-17H,1-3H2. The van der Waals surface area contributed by atoms with Crippen molar-refractivity contribution in [3.63, 3.8) is 0 Å². The van der Waals surface area contributed by atoms with Crippen molar-refractivity contribution in [1.82, 2.24) is 14.8 Å². The first-order valence-corrected chi connectivity index (χ1v) is 5.34. The molecule has 1 aliphatic heterocycles. The van der Waals surface area contributed by atoms with Crippen molar-refractivity contribution in [2.24, 2.45) is 0 Å². The molecule has 6 nitrogen and oxygen atoms in total. The van der Waals surface area contributed by atoms with Crippen molar-refractivity contribution < 1.29 is 28.1 Å². The Hall–Kier alpha value is -1.19. The van der Waals surface area contributed by atoms with E-state index in [4.69, 9.17) is 14.9 Å². The Morgan fingerprint density at radius 1 is 1.50 bits per heavy atom. The molecule has 102 valence electrons. The second-order valence-corrected chi connectivity index (χ2v) is 4.00. The summed E-state index contributed by atoms with van der Waals surface area (Å²) in [5.74, 6) is -0.710. The van der Waals surface area contributed by atoms with E-state index in [1.165, 1.54) is 0 Å². The summed E-state index contributed by atoms with van der Waals surface area (Å²) in [6.07, 6.45) is -6.19. The van der Waals surface area contributed by atoms with E-state index < -0.39 is 24.3 Å². The molecule has 1 aliphatic rings. The molecule has 18 heavy (non-hydrogen) atoms. The van der Waals surface area contributed by atoms with Gasteiger partial charge in [0.1, 0.15) is 6.33 Å². The Labute approximate surface area is 100 Å². The van der Waals surface area contributed by atoms with Crippen LogP contribution in [0, 0.1) is 0 Å². The van der Waals surface area contributed by atoms with Crippen molar-refractivity contribution in [2.75, 3.05) is 6.61 Å². The number of nitrogens with zero attached hydrogens (tertiary/aromatic N) is 3. The molecule has 3 atom stereocenters. The zero-order valence-electron chi connectivity index (χ0n) is 9.21. The average Bonchev–Trinajstić information content (AvgIpc) is 2.95. The SMILES string of the molecule is OCC1CCC(n2cnc(C(O)C(F)(F)F)n2)O1. The van der Waals surface area contributed by atoms with Gasteiger partial charge in [0.05, 0.1) is 12.7 Å². The summed E-state index contributed by atoms with van der Waals surface area (Å²) in [6.45, 7) is -0.150. The first-order valence-electron chi connectivity index (χ1n) is 5.34. The summed E-state index contributed by atoms with van der Waals surface area (Å²) in [6, 6.07) is 0. The Balaban J connectivity index is 2.07. The van der Waals surface area contributed by atoms with Crippen LogP contribution in [0.25, 0.3) is 0 Å². The molecule has 2 rings (SSSR count). The molecule has 0 aliphatic carbocycles. The number of hydrogen-bond acceptors (Lipinski definition) is 5. The highest BCUT2D eigenvalue weighted by atomic mass is 19.4. The van der Waals surface area contributed by atoms with E-state index in [9.17, 15) is 13.2 Å². The predicted molar refractivity (Wildman–Crippen MR) is 51.3 cm³/mol. The fourth-order valence-corrected chi connectivity index (χ4v) is 1.71. The zero-order valence-corrected chi connectivity index (χ0v) is 9.21. The molecule has 1 aromatic heterocycles. The van der Waals surface area contributed by atoms with Crippen LogP contribution < -0.4 is 0 Å². The molecule has 0 saturated carbocycles. The highest BCUT2D eigenvalue weighted by molar-refractivity contribution is 4.92. The van der Waals surface area contributed by atoms with Crippen LogP contribution in [-0.2, 0) is 4.74 Å². The van der Waals surface area contributed by atoms with Crippen LogP contribution in [0.2, 0.25) is 0 Å². The minimum Gasteiger partial charge on any atom is -0.394 e. The van der Waals surface area contributed by atoms with Gasteiger partial charge in [0.2, 0.25) is 6.10 Å². The van der Waals surface area contributed by atoms with Gasteiger partial charge in [-0.2, -0.15) is 18.3 Å². The van der Waals surface area contributed by atoms with E-state index in [0.717, 1.165) is 11.0 Å². The van der Waals surface area contributed by atoms with Crippen molar-refractivity contribution in [3.8, 4) is 0 Å². The van der Waals surface area contributed by atoms with E-state index in [1.807, 2.05) is 0 Å². The van der Waals surface area contributed by atoms with Crippen molar-refractivity contribution in [3.05, 3.63) is 12.2 Å². The summed E-state index contributed by atoms with van der Waals surface area (Å²) in [5, 5.41) is 21.4. The number of aliphatic hydroxyl groups excluding tert-OH is 2. The summed E-state index contributed by atoms with van der Waals surface area (Å²) in [7, 11) is 0. The summed E-state index contributed by atoms with van der Waals surface area (Å²) in [5.41, 5.74) is 0. The molecule has 3 unspecified atom stereocenters. The molecule has 9 heteroatoms. The second kappa shape index (κ2) is 4.82. The van der Waals surface area contributed by atoms with Crippen LogP contribution in [0.5, 0.6) is 0 Å². The Kier molecular flexibility index (Phi) is 3.55. The lowest BCUT2D eigenvalue weighted by Gasteiger charge is -2.12. The number of rotatable bonds is 3. The van der Waals surface area contributed by atoms with E-state index in [-0.39, 0.29) is 12.7 Å². The normalized spacial score (nSPS) is 26.5. The van der Waals surface area contributed by atoms with Crippen LogP contribution in [-0.4, -0.2) is 43.9 Å². The quantitative estimate of drug-likeness (QED) is 0.835. The molecule has 0 aromatic carbocycles. The number of ether oxygens (including phenoxy) is 1. The van der Waals surface area contributed by atoms with Crippen molar-refractivity contribution >= 4 is 0 Å². The monoisotopic (exact) mass is 267 g/mol. The third kappa shape index (κ3) is 2.62. The molecule has 0 spiro atoms. The third-order valence-electron chi connectivity index (χ3n) is 2.66. The van der Waals surface area contributed by atoms with Gasteiger partial charge in [-0.25, -0.2) is 9.67 Å². The average molecular weight is 267 g/mol. The molecule has 0 radical (unpaired) electrons. The lowest BCUT2D eigenvalue weighted by Crippen LogP contribution is -2.22. The molecule has 0 bridgehead atoms. The van der Waals surface area contributed by atoms with Crippen LogP contribution in [0.3, 0.4) is 0 Å². The molecule has 0 amide bonds. The molecule has 1 fully saturated rings. The number of halogens is 3. The van der Waals surface area contributed by atoms with Crippen LogP contribution >= 0.6 is 0 Å². The van der Waals surface area contributed by atoms with Gasteiger partial charge in [0.25, 0.3) is 0 Å². The van der Waals surface area contributed by atoms with Crippen molar-refractivity contribution in [1.29, 1.82) is 0 Å². The van der Waals surface area contributed by atoms with E-state index in [2.05, 4.69) is 10.1 Å². The van der Waals surface area contributed by atoms with Gasteiger partial charge in [0, 0.05) is 0 Å². The smallest absolute Gasteiger partial charge is 0.394 e. The maximum Gasteiger partial charge on any atom is 0.421 e. The van der Waals surface area contributed by atoms with E-state index >= 15 is 0 Å². The van der Waals surface area contributed by atoms with Gasteiger partial charge in [0.15, 0.2) is 12.1 Å². The fourth-order valence-electron chi connectivity index (χ4n) is 1.71. The maximum absolute atomic E-state index is 12.2. The lowest BCUT2D eigenvalue weighted by atomic mass is 10.2. The lowest BCUT2D eigenvalue weighted by molar-refractivity contribution is -0.209. The van der Waals surface area contributed by atoms with Gasteiger partial charge in [-0.05, 0) is 12.8 Å². The minimum atomic E-state index is -4.80. The topological polar surface area (TPSA) is 80.4 Å². The molecule has 1 aromatic rings. The molecule has 2 N–H and O–H groups in total. The van der Waals surface area contributed by atoms with Gasteiger partial charge in [-0.3, -0.25) is 0 Å². The Bertz CT molecular complexity index is 409. The van der Waals surface area contributed by atoms with Gasteiger partial charge in [-0.1, -0.05) is 0 Å². The molecule has 1 saturated heterocycles. The van der Waals surface area contributed by atoms with Gasteiger partial charge >= 0.3 is 6.18 Å². The number of alkyl halides is 3. The highest BCUT2D eigenvalue weighted by Crippen LogP contribution is 2.32. The largest absolute Gasteiger partial charge is 0.421 e.